The van der Waals surface area contributed by atoms with E-state index in [-0.39, 0.29) is 12.1 Å². The molecular formula is C7H13N2O2-. The fourth-order valence-corrected chi connectivity index (χ4v) is 1.18. The molecule has 0 bridgehead atoms. The van der Waals surface area contributed by atoms with Crippen molar-refractivity contribution >= 4 is 6.09 Å². The summed E-state index contributed by atoms with van der Waals surface area (Å²) in [5.74, 6) is 0. The number of rotatable bonds is 1. The van der Waals surface area contributed by atoms with Crippen LogP contribution in [0.5, 0.6) is 0 Å². The minimum Gasteiger partial charge on any atom is -0.457 e. The molecule has 1 aliphatic heterocycles. The van der Waals surface area contributed by atoms with Crippen molar-refractivity contribution in [3.63, 3.8) is 0 Å². The van der Waals surface area contributed by atoms with E-state index < -0.39 is 0 Å². The Hall–Kier alpha value is -0.770. The SMILES string of the molecule is [CH2-]N1CC[C@H](NC(=O)OC)C1. The Morgan fingerprint density at radius 2 is 2.55 bits per heavy atom. The highest BCUT2D eigenvalue weighted by Gasteiger charge is 2.17. The van der Waals surface area contributed by atoms with Crippen molar-refractivity contribution in [2.75, 3.05) is 20.2 Å². The molecule has 1 heterocycles. The second-order valence-electron chi connectivity index (χ2n) is 2.70. The number of nitrogens with zero attached hydrogens (tertiary/aromatic N) is 1. The van der Waals surface area contributed by atoms with Crippen LogP contribution in [0.15, 0.2) is 0 Å². The van der Waals surface area contributed by atoms with E-state index in [0.717, 1.165) is 19.5 Å². The molecule has 64 valence electrons. The summed E-state index contributed by atoms with van der Waals surface area (Å²) in [5.41, 5.74) is 0. The highest BCUT2D eigenvalue weighted by molar-refractivity contribution is 5.67. The molecule has 1 saturated heterocycles. The minimum atomic E-state index is -0.356. The van der Waals surface area contributed by atoms with Crippen molar-refractivity contribution in [3.05, 3.63) is 7.05 Å². The molecule has 4 heteroatoms. The normalized spacial score (nSPS) is 25.1. The number of hydrogen-bond donors (Lipinski definition) is 1. The van der Waals surface area contributed by atoms with Gasteiger partial charge in [0.25, 0.3) is 0 Å². The smallest absolute Gasteiger partial charge is 0.407 e. The average molecular weight is 157 g/mol. The summed E-state index contributed by atoms with van der Waals surface area (Å²) in [6, 6.07) is 0.208. The number of methoxy groups -OCH3 is 1. The Morgan fingerprint density at radius 3 is 3.00 bits per heavy atom. The van der Waals surface area contributed by atoms with Crippen LogP contribution in [0.4, 0.5) is 4.79 Å². The summed E-state index contributed by atoms with van der Waals surface area (Å²) >= 11 is 0. The van der Waals surface area contributed by atoms with Gasteiger partial charge in [0, 0.05) is 6.04 Å². The lowest BCUT2D eigenvalue weighted by atomic mass is 10.3. The van der Waals surface area contributed by atoms with Gasteiger partial charge in [-0.05, 0) is 19.5 Å². The molecule has 0 radical (unpaired) electrons. The molecule has 0 aromatic carbocycles. The topological polar surface area (TPSA) is 41.6 Å². The molecule has 0 aromatic heterocycles. The largest absolute Gasteiger partial charge is 0.457 e. The van der Waals surface area contributed by atoms with Crippen molar-refractivity contribution in [2.24, 2.45) is 0 Å². The zero-order valence-electron chi connectivity index (χ0n) is 6.67. The van der Waals surface area contributed by atoms with Crippen LogP contribution >= 0.6 is 0 Å². The van der Waals surface area contributed by atoms with Crippen molar-refractivity contribution in [2.45, 2.75) is 12.5 Å². The maximum absolute atomic E-state index is 10.7. The Balaban J connectivity index is 2.23. The quantitative estimate of drug-likeness (QED) is 0.553. The zero-order valence-corrected chi connectivity index (χ0v) is 6.67. The Kier molecular flexibility index (Phi) is 2.70. The van der Waals surface area contributed by atoms with Crippen molar-refractivity contribution in [1.29, 1.82) is 0 Å². The molecule has 11 heavy (non-hydrogen) atoms. The maximum Gasteiger partial charge on any atom is 0.407 e. The molecule has 1 N–H and O–H groups in total. The fraction of sp³-hybridized carbons (Fsp3) is 0.714. The summed E-state index contributed by atoms with van der Waals surface area (Å²) in [5, 5.41) is 2.72. The van der Waals surface area contributed by atoms with Gasteiger partial charge in [0.2, 0.25) is 0 Å². The van der Waals surface area contributed by atoms with Gasteiger partial charge in [-0.2, -0.15) is 0 Å². The monoisotopic (exact) mass is 157 g/mol. The van der Waals surface area contributed by atoms with Crippen LogP contribution in [0.25, 0.3) is 0 Å². The van der Waals surface area contributed by atoms with Crippen LogP contribution in [0, 0.1) is 7.05 Å². The molecular weight excluding hydrogens is 144 g/mol. The van der Waals surface area contributed by atoms with Crippen LogP contribution in [0.2, 0.25) is 0 Å². The summed E-state index contributed by atoms with van der Waals surface area (Å²) < 4.78 is 4.46. The number of carbonyl (C=O) groups excluding carboxylic acids is 1. The first-order valence-corrected chi connectivity index (χ1v) is 3.62. The Morgan fingerprint density at radius 1 is 1.82 bits per heavy atom. The summed E-state index contributed by atoms with van der Waals surface area (Å²) in [6.45, 7) is 1.75. The Bertz CT molecular complexity index is 149. The lowest BCUT2D eigenvalue weighted by Crippen LogP contribution is -2.36. The van der Waals surface area contributed by atoms with Crippen LogP contribution < -0.4 is 5.32 Å². The molecule has 1 fully saturated rings. The molecule has 4 nitrogen and oxygen atoms in total. The van der Waals surface area contributed by atoms with E-state index in [9.17, 15) is 4.79 Å². The Labute approximate surface area is 66.5 Å². The molecule has 1 rings (SSSR count). The van der Waals surface area contributed by atoms with E-state index >= 15 is 0 Å². The van der Waals surface area contributed by atoms with E-state index in [1.807, 2.05) is 4.90 Å². The highest BCUT2D eigenvalue weighted by atomic mass is 16.5. The van der Waals surface area contributed by atoms with Gasteiger partial charge in [0.1, 0.15) is 0 Å². The number of hydrogen-bond acceptors (Lipinski definition) is 3. The summed E-state index contributed by atoms with van der Waals surface area (Å²) in [4.78, 5) is 12.6. The summed E-state index contributed by atoms with van der Waals surface area (Å²) in [7, 11) is 5.13. The van der Waals surface area contributed by atoms with E-state index in [1.54, 1.807) is 0 Å². The first-order valence-electron chi connectivity index (χ1n) is 3.62. The van der Waals surface area contributed by atoms with E-state index in [1.165, 1.54) is 7.11 Å². The fourth-order valence-electron chi connectivity index (χ4n) is 1.18. The number of nitrogens with one attached hydrogen (secondary N) is 1. The molecule has 1 aliphatic rings. The van der Waals surface area contributed by atoms with E-state index in [0.29, 0.717) is 0 Å². The van der Waals surface area contributed by atoms with Gasteiger partial charge < -0.3 is 15.0 Å². The van der Waals surface area contributed by atoms with Crippen LogP contribution in [0.3, 0.4) is 0 Å². The molecule has 1 atom stereocenters. The van der Waals surface area contributed by atoms with Gasteiger partial charge >= 0.3 is 6.09 Å². The minimum absolute atomic E-state index is 0.208. The molecule has 0 saturated carbocycles. The predicted molar refractivity (Wildman–Crippen MR) is 40.9 cm³/mol. The first kappa shape index (κ1) is 8.33. The second kappa shape index (κ2) is 3.57. The third-order valence-electron chi connectivity index (χ3n) is 1.78. The van der Waals surface area contributed by atoms with Crippen molar-refractivity contribution in [1.82, 2.24) is 10.2 Å². The predicted octanol–water partition coefficient (Wildman–Crippen LogP) is 0.208. The van der Waals surface area contributed by atoms with E-state index in [2.05, 4.69) is 17.1 Å². The van der Waals surface area contributed by atoms with Gasteiger partial charge in [0.05, 0.1) is 7.11 Å². The van der Waals surface area contributed by atoms with Gasteiger partial charge in [-0.15, -0.1) is 0 Å². The molecule has 0 spiro atoms. The van der Waals surface area contributed by atoms with Gasteiger partial charge in [0.15, 0.2) is 0 Å². The third-order valence-corrected chi connectivity index (χ3v) is 1.78. The van der Waals surface area contributed by atoms with Gasteiger partial charge in [-0.3, -0.25) is 7.05 Å². The molecule has 0 aliphatic carbocycles. The lowest BCUT2D eigenvalue weighted by Gasteiger charge is -2.16. The number of ether oxygens (including phenoxy) is 1. The second-order valence-corrected chi connectivity index (χ2v) is 2.70. The standard InChI is InChI=1S/C7H13N2O2/c1-9-4-3-6(5-9)8-7(10)11-2/h6H,1,3-5H2,2H3,(H,8,10)/q-1/t6-/m0/s1. The molecule has 0 aromatic rings. The van der Waals surface area contributed by atoms with E-state index in [4.69, 9.17) is 0 Å². The average Bonchev–Trinajstić information content (AvgIpc) is 2.35. The molecule has 1 amide bonds. The third kappa shape index (κ3) is 2.38. The van der Waals surface area contributed by atoms with Gasteiger partial charge in [-0.1, -0.05) is 0 Å². The number of likely N-dealkylation sites (tertiary alicyclic amines) is 1. The van der Waals surface area contributed by atoms with Crippen molar-refractivity contribution in [3.8, 4) is 0 Å². The number of carbonyl (C=O) groups is 1. The molecule has 0 unspecified atom stereocenters. The van der Waals surface area contributed by atoms with Crippen LogP contribution in [0.1, 0.15) is 6.42 Å². The van der Waals surface area contributed by atoms with Crippen LogP contribution in [-0.4, -0.2) is 37.2 Å². The summed E-state index contributed by atoms with van der Waals surface area (Å²) in [6.07, 6.45) is 0.601. The maximum atomic E-state index is 10.7. The van der Waals surface area contributed by atoms with Crippen molar-refractivity contribution < 1.29 is 9.53 Å². The first-order chi connectivity index (χ1) is 5.22. The number of amides is 1. The lowest BCUT2D eigenvalue weighted by molar-refractivity contribution is 0.167. The van der Waals surface area contributed by atoms with Crippen LogP contribution in [-0.2, 0) is 4.74 Å². The highest BCUT2D eigenvalue weighted by Crippen LogP contribution is 2.06. The van der Waals surface area contributed by atoms with Gasteiger partial charge in [-0.25, -0.2) is 4.79 Å². The zero-order chi connectivity index (χ0) is 8.27. The number of alkyl carbamates (subject to hydrolysis) is 1.